The summed E-state index contributed by atoms with van der Waals surface area (Å²) in [6.07, 6.45) is -4.91. The molecule has 2 amide bonds. The first kappa shape index (κ1) is 15.8. The lowest BCUT2D eigenvalue weighted by molar-refractivity contribution is -0.138. The lowest BCUT2D eigenvalue weighted by Crippen LogP contribution is -2.31. The van der Waals surface area contributed by atoms with Crippen molar-refractivity contribution in [1.29, 1.82) is 0 Å². The Bertz CT molecular complexity index is 517. The summed E-state index contributed by atoms with van der Waals surface area (Å²) >= 11 is 0. The molecule has 0 saturated carbocycles. The van der Waals surface area contributed by atoms with E-state index >= 15 is 0 Å². The summed E-state index contributed by atoms with van der Waals surface area (Å²) in [6, 6.07) is 2.68. The molecule has 0 saturated heterocycles. The second-order valence-electron chi connectivity index (χ2n) is 3.74. The van der Waals surface area contributed by atoms with Crippen molar-refractivity contribution in [2.45, 2.75) is 12.6 Å². The Morgan fingerprint density at radius 3 is 2.45 bits per heavy atom. The molecule has 0 atom stereocenters. The van der Waals surface area contributed by atoms with Crippen molar-refractivity contribution < 1.29 is 27.5 Å². The third-order valence-electron chi connectivity index (χ3n) is 2.32. The first-order valence-electron chi connectivity index (χ1n) is 5.39. The smallest absolute Gasteiger partial charge is 0.419 e. The molecular weight excluding hydrogens is 279 g/mol. The predicted octanol–water partition coefficient (Wildman–Crippen LogP) is 0.563. The van der Waals surface area contributed by atoms with E-state index in [4.69, 9.17) is 16.3 Å². The molecular formula is C11H12F3N3O3. The number of carbonyl (C=O) groups excluding carboxylic acids is 2. The number of hydrogen-bond donors (Lipinski definition) is 3. The van der Waals surface area contributed by atoms with Gasteiger partial charge in [-0.05, 0) is 18.2 Å². The molecule has 0 fully saturated rings. The SMILES string of the molecule is NNC(=O)CCOc1ccc(C(N)=O)cc1C(F)(F)F. The summed E-state index contributed by atoms with van der Waals surface area (Å²) < 4.78 is 43.3. The van der Waals surface area contributed by atoms with Gasteiger partial charge in [0.15, 0.2) is 0 Å². The predicted molar refractivity (Wildman–Crippen MR) is 62.4 cm³/mol. The number of amides is 2. The monoisotopic (exact) mass is 291 g/mol. The zero-order valence-electron chi connectivity index (χ0n) is 10.2. The van der Waals surface area contributed by atoms with Gasteiger partial charge in [0, 0.05) is 5.56 Å². The molecule has 0 unspecified atom stereocenters. The largest absolute Gasteiger partial charge is 0.492 e. The Morgan fingerprint density at radius 2 is 1.95 bits per heavy atom. The van der Waals surface area contributed by atoms with E-state index < -0.39 is 29.3 Å². The number of hydrogen-bond acceptors (Lipinski definition) is 4. The van der Waals surface area contributed by atoms with Crippen LogP contribution in [0.2, 0.25) is 0 Å². The number of alkyl halides is 3. The molecule has 1 aromatic carbocycles. The Labute approximate surface area is 111 Å². The van der Waals surface area contributed by atoms with Gasteiger partial charge in [0.05, 0.1) is 18.6 Å². The van der Waals surface area contributed by atoms with Crippen LogP contribution < -0.4 is 21.7 Å². The molecule has 1 aromatic rings. The van der Waals surface area contributed by atoms with E-state index in [9.17, 15) is 22.8 Å². The molecule has 0 spiro atoms. The fraction of sp³-hybridized carbons (Fsp3) is 0.273. The van der Waals surface area contributed by atoms with Crippen LogP contribution in [0.15, 0.2) is 18.2 Å². The third-order valence-corrected chi connectivity index (χ3v) is 2.32. The van der Waals surface area contributed by atoms with E-state index in [0.29, 0.717) is 6.07 Å². The van der Waals surface area contributed by atoms with Gasteiger partial charge in [-0.2, -0.15) is 13.2 Å². The van der Waals surface area contributed by atoms with Gasteiger partial charge in [0.25, 0.3) is 0 Å². The normalized spacial score (nSPS) is 11.0. The number of hydrazine groups is 1. The highest BCUT2D eigenvalue weighted by atomic mass is 19.4. The summed E-state index contributed by atoms with van der Waals surface area (Å²) in [5.74, 6) is 2.77. The van der Waals surface area contributed by atoms with Gasteiger partial charge < -0.3 is 10.5 Å². The van der Waals surface area contributed by atoms with Gasteiger partial charge in [-0.1, -0.05) is 0 Å². The Balaban J connectivity index is 2.95. The van der Waals surface area contributed by atoms with Crippen LogP contribution in [-0.2, 0) is 11.0 Å². The minimum Gasteiger partial charge on any atom is -0.492 e. The lowest BCUT2D eigenvalue weighted by atomic mass is 10.1. The maximum absolute atomic E-state index is 12.8. The summed E-state index contributed by atoms with van der Waals surface area (Å²) in [5.41, 5.74) is 5.31. The number of halogens is 3. The molecule has 0 aliphatic heterocycles. The molecule has 5 N–H and O–H groups in total. The van der Waals surface area contributed by atoms with Crippen molar-refractivity contribution in [2.75, 3.05) is 6.61 Å². The van der Waals surface area contributed by atoms with Crippen molar-refractivity contribution in [3.05, 3.63) is 29.3 Å². The van der Waals surface area contributed by atoms with E-state index in [2.05, 4.69) is 0 Å². The highest BCUT2D eigenvalue weighted by Gasteiger charge is 2.35. The van der Waals surface area contributed by atoms with E-state index in [0.717, 1.165) is 12.1 Å². The average Bonchev–Trinajstić information content (AvgIpc) is 2.37. The molecule has 9 heteroatoms. The number of primary amides is 1. The summed E-state index contributed by atoms with van der Waals surface area (Å²) in [7, 11) is 0. The van der Waals surface area contributed by atoms with Gasteiger partial charge in [0.2, 0.25) is 11.8 Å². The van der Waals surface area contributed by atoms with Gasteiger partial charge in [-0.15, -0.1) is 0 Å². The minimum atomic E-state index is -4.71. The fourth-order valence-electron chi connectivity index (χ4n) is 1.36. The molecule has 0 radical (unpaired) electrons. The summed E-state index contributed by atoms with van der Waals surface area (Å²) in [4.78, 5) is 21.7. The van der Waals surface area contributed by atoms with E-state index in [1.54, 1.807) is 0 Å². The molecule has 110 valence electrons. The lowest BCUT2D eigenvalue weighted by Gasteiger charge is -2.14. The fourth-order valence-corrected chi connectivity index (χ4v) is 1.36. The van der Waals surface area contributed by atoms with Gasteiger partial charge in [-0.25, -0.2) is 5.84 Å². The van der Waals surface area contributed by atoms with E-state index in [1.165, 1.54) is 0 Å². The van der Waals surface area contributed by atoms with E-state index in [-0.39, 0.29) is 18.6 Å². The average molecular weight is 291 g/mol. The van der Waals surface area contributed by atoms with Crippen LogP contribution >= 0.6 is 0 Å². The number of rotatable bonds is 5. The molecule has 0 aromatic heterocycles. The van der Waals surface area contributed by atoms with Crippen LogP contribution in [0.5, 0.6) is 5.75 Å². The van der Waals surface area contributed by atoms with Gasteiger partial charge >= 0.3 is 6.18 Å². The van der Waals surface area contributed by atoms with Gasteiger partial charge in [0.1, 0.15) is 5.75 Å². The van der Waals surface area contributed by atoms with Crippen LogP contribution in [-0.4, -0.2) is 18.4 Å². The molecule has 6 nitrogen and oxygen atoms in total. The van der Waals surface area contributed by atoms with Crippen LogP contribution in [0.1, 0.15) is 22.3 Å². The third kappa shape index (κ3) is 4.12. The molecule has 0 aliphatic rings. The summed E-state index contributed by atoms with van der Waals surface area (Å²) in [5, 5.41) is 0. The minimum absolute atomic E-state index is 0.203. The standard InChI is InChI=1S/C11H12F3N3O3/c12-11(13,14)7-5-6(10(15)19)1-2-8(7)20-4-3-9(18)17-16/h1-2,5H,3-4,16H2,(H2,15,19)(H,17,18). The maximum atomic E-state index is 12.8. The topological polar surface area (TPSA) is 107 Å². The number of ether oxygens (including phenoxy) is 1. The van der Waals surface area contributed by atoms with Crippen LogP contribution in [0.25, 0.3) is 0 Å². The first-order chi connectivity index (χ1) is 9.25. The second-order valence-corrected chi connectivity index (χ2v) is 3.74. The maximum Gasteiger partial charge on any atom is 0.419 e. The molecule has 0 bridgehead atoms. The van der Waals surface area contributed by atoms with Crippen molar-refractivity contribution in [2.24, 2.45) is 11.6 Å². The zero-order valence-corrected chi connectivity index (χ0v) is 10.2. The Kier molecular flexibility index (Phi) is 4.92. The Morgan fingerprint density at radius 1 is 1.30 bits per heavy atom. The number of benzene rings is 1. The molecule has 20 heavy (non-hydrogen) atoms. The van der Waals surface area contributed by atoms with Crippen molar-refractivity contribution in [3.63, 3.8) is 0 Å². The highest BCUT2D eigenvalue weighted by Crippen LogP contribution is 2.36. The van der Waals surface area contributed by atoms with Crippen LogP contribution in [0.4, 0.5) is 13.2 Å². The van der Waals surface area contributed by atoms with Crippen molar-refractivity contribution in [3.8, 4) is 5.75 Å². The van der Waals surface area contributed by atoms with E-state index in [1.807, 2.05) is 5.43 Å². The summed E-state index contributed by atoms with van der Waals surface area (Å²) in [6.45, 7) is -0.290. The number of nitrogens with two attached hydrogens (primary N) is 2. The quantitative estimate of drug-likeness (QED) is 0.418. The zero-order chi connectivity index (χ0) is 15.3. The molecule has 0 heterocycles. The molecule has 0 aliphatic carbocycles. The van der Waals surface area contributed by atoms with Crippen molar-refractivity contribution in [1.82, 2.24) is 5.43 Å². The second kappa shape index (κ2) is 6.24. The number of nitrogens with one attached hydrogen (secondary N) is 1. The Hall–Kier alpha value is -2.29. The van der Waals surface area contributed by atoms with Crippen LogP contribution in [0, 0.1) is 0 Å². The first-order valence-corrected chi connectivity index (χ1v) is 5.39. The van der Waals surface area contributed by atoms with Crippen LogP contribution in [0.3, 0.4) is 0 Å². The van der Waals surface area contributed by atoms with Gasteiger partial charge in [-0.3, -0.25) is 15.0 Å². The highest BCUT2D eigenvalue weighted by molar-refractivity contribution is 5.93. The van der Waals surface area contributed by atoms with Crippen molar-refractivity contribution >= 4 is 11.8 Å². The molecule has 1 rings (SSSR count). The number of carbonyl (C=O) groups is 2.